The van der Waals surface area contributed by atoms with Crippen LogP contribution in [0.15, 0.2) is 81.7 Å². The molecule has 0 saturated carbocycles. The Kier molecular flexibility index (Phi) is 5.65. The van der Waals surface area contributed by atoms with Crippen molar-refractivity contribution >= 4 is 43.5 Å². The average Bonchev–Trinajstić information content (AvgIpc) is 3.14. The molecule has 0 aliphatic carbocycles. The van der Waals surface area contributed by atoms with Gasteiger partial charge in [-0.1, -0.05) is 56.1 Å². The van der Waals surface area contributed by atoms with Gasteiger partial charge in [-0.2, -0.15) is 0 Å². The minimum atomic E-state index is -0.0919. The molecule has 144 valence electrons. The van der Waals surface area contributed by atoms with E-state index in [1.165, 1.54) is 6.92 Å². The van der Waals surface area contributed by atoms with Gasteiger partial charge in [0.25, 0.3) is 0 Å². The maximum Gasteiger partial charge on any atom is 0.221 e. The number of imidazole rings is 1. The van der Waals surface area contributed by atoms with E-state index >= 15 is 0 Å². The number of amides is 1. The van der Waals surface area contributed by atoms with Crippen LogP contribution >= 0.6 is 31.9 Å². The van der Waals surface area contributed by atoms with Crippen molar-refractivity contribution in [2.45, 2.75) is 6.92 Å². The fraction of sp³-hybridized carbons (Fsp3) is 0.0435. The Bertz CT molecular complexity index is 1090. The zero-order valence-electron chi connectivity index (χ0n) is 15.5. The van der Waals surface area contributed by atoms with Crippen LogP contribution in [0.5, 0.6) is 0 Å². The summed E-state index contributed by atoms with van der Waals surface area (Å²) < 4.78 is 2.05. The molecule has 0 saturated heterocycles. The second-order valence-corrected chi connectivity index (χ2v) is 8.41. The van der Waals surface area contributed by atoms with E-state index in [9.17, 15) is 4.79 Å². The van der Waals surface area contributed by atoms with E-state index in [1.54, 1.807) is 0 Å². The zero-order chi connectivity index (χ0) is 20.4. The lowest BCUT2D eigenvalue weighted by molar-refractivity contribution is -0.114. The van der Waals surface area contributed by atoms with Gasteiger partial charge in [0.15, 0.2) is 0 Å². The summed E-state index contributed by atoms with van der Waals surface area (Å²) >= 11 is 6.99. The molecule has 0 bridgehead atoms. The van der Waals surface area contributed by atoms with Crippen LogP contribution in [0, 0.1) is 0 Å². The van der Waals surface area contributed by atoms with Gasteiger partial charge in [0.05, 0.1) is 11.4 Å². The molecule has 4 aromatic rings. The summed E-state index contributed by atoms with van der Waals surface area (Å²) in [4.78, 5) is 19.6. The third kappa shape index (κ3) is 4.49. The largest absolute Gasteiger partial charge is 0.337 e. The van der Waals surface area contributed by atoms with Gasteiger partial charge in [0.2, 0.25) is 5.91 Å². The van der Waals surface area contributed by atoms with E-state index < -0.39 is 0 Å². The molecule has 1 aromatic heterocycles. The number of halogens is 2. The van der Waals surface area contributed by atoms with Gasteiger partial charge in [0.1, 0.15) is 5.82 Å². The van der Waals surface area contributed by atoms with Gasteiger partial charge < -0.3 is 10.3 Å². The number of nitrogens with one attached hydrogen (secondary N) is 2. The van der Waals surface area contributed by atoms with Crippen molar-refractivity contribution in [3.63, 3.8) is 0 Å². The lowest BCUT2D eigenvalue weighted by Crippen LogP contribution is -2.05. The molecule has 4 nitrogen and oxygen atoms in total. The third-order valence-electron chi connectivity index (χ3n) is 4.43. The van der Waals surface area contributed by atoms with Crippen LogP contribution in [0.25, 0.3) is 33.9 Å². The highest BCUT2D eigenvalue weighted by atomic mass is 79.9. The van der Waals surface area contributed by atoms with Crippen LogP contribution in [0.1, 0.15) is 6.92 Å². The molecule has 0 fully saturated rings. The fourth-order valence-electron chi connectivity index (χ4n) is 3.07. The van der Waals surface area contributed by atoms with Crippen LogP contribution in [0.4, 0.5) is 5.69 Å². The van der Waals surface area contributed by atoms with Crippen molar-refractivity contribution in [1.82, 2.24) is 9.97 Å². The SMILES string of the molecule is CC(=O)Nc1ccc(-c2nc(-c3ccc(Br)cc3)c(-c3ccc(Br)cc3)[nH]2)cc1. The monoisotopic (exact) mass is 509 g/mol. The molecule has 0 spiro atoms. The lowest BCUT2D eigenvalue weighted by atomic mass is 10.1. The topological polar surface area (TPSA) is 57.8 Å². The van der Waals surface area contributed by atoms with Gasteiger partial charge in [-0.3, -0.25) is 4.79 Å². The van der Waals surface area contributed by atoms with Crippen LogP contribution in [0.3, 0.4) is 0 Å². The number of aromatic nitrogens is 2. The van der Waals surface area contributed by atoms with Crippen molar-refractivity contribution < 1.29 is 4.79 Å². The number of rotatable bonds is 4. The fourth-order valence-corrected chi connectivity index (χ4v) is 3.60. The summed E-state index contributed by atoms with van der Waals surface area (Å²) in [5.74, 6) is 0.681. The van der Waals surface area contributed by atoms with Gasteiger partial charge >= 0.3 is 0 Å². The highest BCUT2D eigenvalue weighted by Crippen LogP contribution is 2.34. The van der Waals surface area contributed by atoms with E-state index in [0.717, 1.165) is 48.5 Å². The third-order valence-corrected chi connectivity index (χ3v) is 5.49. The van der Waals surface area contributed by atoms with E-state index in [1.807, 2.05) is 60.7 Å². The predicted molar refractivity (Wildman–Crippen MR) is 125 cm³/mol. The molecule has 6 heteroatoms. The average molecular weight is 511 g/mol. The summed E-state index contributed by atoms with van der Waals surface area (Å²) in [6.07, 6.45) is 0. The Morgan fingerprint density at radius 2 is 1.31 bits per heavy atom. The molecule has 0 aliphatic heterocycles. The van der Waals surface area contributed by atoms with Gasteiger partial charge in [-0.15, -0.1) is 0 Å². The van der Waals surface area contributed by atoms with E-state index in [4.69, 9.17) is 4.98 Å². The van der Waals surface area contributed by atoms with Gasteiger partial charge in [-0.25, -0.2) is 4.98 Å². The Balaban J connectivity index is 1.79. The van der Waals surface area contributed by atoms with E-state index in [-0.39, 0.29) is 5.91 Å². The molecule has 2 N–H and O–H groups in total. The van der Waals surface area contributed by atoms with Crippen molar-refractivity contribution in [3.8, 4) is 33.9 Å². The maximum atomic E-state index is 11.2. The minimum Gasteiger partial charge on any atom is -0.337 e. The van der Waals surface area contributed by atoms with Gasteiger partial charge in [-0.05, 0) is 48.5 Å². The summed E-state index contributed by atoms with van der Waals surface area (Å²) in [5, 5.41) is 2.78. The van der Waals surface area contributed by atoms with Crippen molar-refractivity contribution in [2.24, 2.45) is 0 Å². The van der Waals surface area contributed by atoms with Crippen LogP contribution in [0.2, 0.25) is 0 Å². The quantitative estimate of drug-likeness (QED) is 0.314. The molecule has 0 unspecified atom stereocenters. The number of aromatic amines is 1. The molecular weight excluding hydrogens is 494 g/mol. The summed E-state index contributed by atoms with van der Waals surface area (Å²) in [6, 6.07) is 23.9. The Hall–Kier alpha value is -2.70. The molecular formula is C23H17Br2N3O. The number of carbonyl (C=O) groups is 1. The maximum absolute atomic E-state index is 11.2. The first-order valence-corrected chi connectivity index (χ1v) is 10.6. The smallest absolute Gasteiger partial charge is 0.221 e. The number of carbonyl (C=O) groups excluding carboxylic acids is 1. The molecule has 0 aliphatic rings. The van der Waals surface area contributed by atoms with Crippen LogP contribution < -0.4 is 5.32 Å². The number of nitrogens with zero attached hydrogens (tertiary/aromatic N) is 1. The van der Waals surface area contributed by atoms with Crippen LogP contribution in [-0.2, 0) is 4.79 Å². The second-order valence-electron chi connectivity index (χ2n) is 6.58. The van der Waals surface area contributed by atoms with Crippen molar-refractivity contribution in [2.75, 3.05) is 5.32 Å². The normalized spacial score (nSPS) is 10.7. The molecule has 1 heterocycles. The minimum absolute atomic E-state index is 0.0919. The number of H-pyrrole nitrogens is 1. The lowest BCUT2D eigenvalue weighted by Gasteiger charge is -2.04. The number of hydrogen-bond acceptors (Lipinski definition) is 2. The van der Waals surface area contributed by atoms with E-state index in [0.29, 0.717) is 0 Å². The Labute approximate surface area is 185 Å². The Morgan fingerprint density at radius 3 is 1.86 bits per heavy atom. The highest BCUT2D eigenvalue weighted by molar-refractivity contribution is 9.10. The van der Waals surface area contributed by atoms with Crippen molar-refractivity contribution in [3.05, 3.63) is 81.7 Å². The zero-order valence-corrected chi connectivity index (χ0v) is 18.7. The molecule has 0 atom stereocenters. The van der Waals surface area contributed by atoms with Crippen LogP contribution in [-0.4, -0.2) is 15.9 Å². The number of hydrogen-bond donors (Lipinski definition) is 2. The summed E-state index contributed by atoms with van der Waals surface area (Å²) in [7, 11) is 0. The molecule has 1 amide bonds. The molecule has 4 rings (SSSR count). The number of anilines is 1. The molecule has 0 radical (unpaired) electrons. The highest BCUT2D eigenvalue weighted by Gasteiger charge is 2.15. The molecule has 3 aromatic carbocycles. The van der Waals surface area contributed by atoms with E-state index in [2.05, 4.69) is 54.3 Å². The number of benzene rings is 3. The second kappa shape index (κ2) is 8.35. The standard InChI is InChI=1S/C23H17Br2N3O/c1-14(29)26-20-12-6-17(7-13-20)23-27-21(15-2-8-18(24)9-3-15)22(28-23)16-4-10-19(25)11-5-16/h2-13H,1H3,(H,26,29)(H,27,28). The van der Waals surface area contributed by atoms with Gasteiger partial charge in [0, 0.05) is 38.2 Å². The first kappa shape index (κ1) is 19.6. The first-order chi connectivity index (χ1) is 14.0. The summed E-state index contributed by atoms with van der Waals surface area (Å²) in [6.45, 7) is 1.50. The van der Waals surface area contributed by atoms with Crippen molar-refractivity contribution in [1.29, 1.82) is 0 Å². The predicted octanol–water partition coefficient (Wildman–Crippen LogP) is 6.89. The first-order valence-electron chi connectivity index (χ1n) is 8.99. The Morgan fingerprint density at radius 1 is 0.793 bits per heavy atom. The molecule has 29 heavy (non-hydrogen) atoms. The summed E-state index contributed by atoms with van der Waals surface area (Å²) in [5.41, 5.74) is 5.64.